The first-order chi connectivity index (χ1) is 16.2. The zero-order chi connectivity index (χ0) is 24.3. The number of nitrogens with one attached hydrogen (secondary N) is 1. The molecule has 1 aliphatic carbocycles. The topological polar surface area (TPSA) is 89.4 Å². The molecule has 0 spiro atoms. The smallest absolute Gasteiger partial charge is 0.335 e. The van der Waals surface area contributed by atoms with Crippen LogP contribution in [0.15, 0.2) is 42.6 Å². The van der Waals surface area contributed by atoms with Crippen molar-refractivity contribution in [2.75, 3.05) is 20.8 Å². The monoisotopic (exact) mass is 465 g/mol. The molecule has 0 amide bonds. The van der Waals surface area contributed by atoms with Crippen molar-refractivity contribution in [3.63, 3.8) is 0 Å². The normalized spacial score (nSPS) is 20.7. The van der Waals surface area contributed by atoms with Crippen LogP contribution in [0.4, 0.5) is 4.39 Å². The van der Waals surface area contributed by atoms with Crippen LogP contribution in [0.1, 0.15) is 43.9 Å². The van der Waals surface area contributed by atoms with E-state index in [0.717, 1.165) is 38.8 Å². The summed E-state index contributed by atoms with van der Waals surface area (Å²) in [5.74, 6) is -1.27. The zero-order valence-corrected chi connectivity index (χ0v) is 19.7. The van der Waals surface area contributed by atoms with Crippen LogP contribution >= 0.6 is 0 Å². The maximum Gasteiger partial charge on any atom is 0.335 e. The van der Waals surface area contributed by atoms with Crippen LogP contribution in [-0.4, -0.2) is 52.3 Å². The minimum Gasteiger partial charge on any atom is -0.479 e. The van der Waals surface area contributed by atoms with Gasteiger partial charge in [0.15, 0.2) is 5.60 Å². The molecule has 7 nitrogen and oxygen atoms in total. The van der Waals surface area contributed by atoms with E-state index >= 15 is 0 Å². The van der Waals surface area contributed by atoms with Gasteiger partial charge in [-0.2, -0.15) is 5.10 Å². The van der Waals surface area contributed by atoms with Gasteiger partial charge in [0.05, 0.1) is 23.8 Å². The maximum absolute atomic E-state index is 13.8. The number of hydrogen-bond donors (Lipinski definition) is 2. The Morgan fingerprint density at radius 2 is 1.97 bits per heavy atom. The molecule has 0 radical (unpaired) electrons. The highest BCUT2D eigenvalue weighted by Crippen LogP contribution is 2.53. The van der Waals surface area contributed by atoms with Gasteiger partial charge in [-0.15, -0.1) is 0 Å². The molecule has 8 heteroatoms. The van der Waals surface area contributed by atoms with Gasteiger partial charge in [-0.25, -0.2) is 9.18 Å². The van der Waals surface area contributed by atoms with Crippen molar-refractivity contribution in [1.82, 2.24) is 14.8 Å². The number of fused-ring (bicyclic) bond motifs is 2. The molecular formula is C26H28FN3O4. The number of benzene rings is 2. The Bertz CT molecular complexity index is 1380. The van der Waals surface area contributed by atoms with Crippen molar-refractivity contribution in [1.29, 1.82) is 0 Å². The number of carboxylic acids is 1. The number of carboxylic acid groups (broad SMARTS) is 1. The van der Waals surface area contributed by atoms with Crippen LogP contribution < -0.4 is 0 Å². The van der Waals surface area contributed by atoms with E-state index in [1.165, 1.54) is 19.2 Å². The summed E-state index contributed by atoms with van der Waals surface area (Å²) in [6.45, 7) is 4.68. The number of methoxy groups -OCH3 is 2. The second-order valence-corrected chi connectivity index (χ2v) is 9.83. The van der Waals surface area contributed by atoms with Gasteiger partial charge >= 0.3 is 5.97 Å². The van der Waals surface area contributed by atoms with Gasteiger partial charge in [-0.05, 0) is 60.7 Å². The average Bonchev–Trinajstić information content (AvgIpc) is 3.35. The molecule has 0 unspecified atom stereocenters. The van der Waals surface area contributed by atoms with Crippen LogP contribution in [0.5, 0.6) is 0 Å². The second kappa shape index (κ2) is 7.92. The Morgan fingerprint density at radius 3 is 2.59 bits per heavy atom. The standard InChI is InChI=1S/C26H28FN3O4/c1-25(2,14-33-3)23-22(16-11-26(12-16,34-4)24(31)32)19-10-20-15(13-28-29-20)9-21(19)30(23)18-7-5-17(27)6-8-18/h5-10,13,16H,11-12,14H2,1-4H3,(H,28,29)(H,31,32). The summed E-state index contributed by atoms with van der Waals surface area (Å²) in [5.41, 5.74) is 3.18. The quantitative estimate of drug-likeness (QED) is 0.405. The van der Waals surface area contributed by atoms with Crippen molar-refractivity contribution < 1.29 is 23.8 Å². The Balaban J connectivity index is 1.83. The molecule has 178 valence electrons. The number of halogens is 1. The van der Waals surface area contributed by atoms with E-state index in [1.54, 1.807) is 25.4 Å². The van der Waals surface area contributed by atoms with Crippen molar-refractivity contribution in [2.24, 2.45) is 0 Å². The van der Waals surface area contributed by atoms with Crippen molar-refractivity contribution in [2.45, 2.75) is 43.6 Å². The maximum atomic E-state index is 13.8. The van der Waals surface area contributed by atoms with E-state index in [1.807, 2.05) is 0 Å². The summed E-state index contributed by atoms with van der Waals surface area (Å²) in [4.78, 5) is 12.0. The predicted molar refractivity (Wildman–Crippen MR) is 127 cm³/mol. The minimum atomic E-state index is -1.18. The van der Waals surface area contributed by atoms with Gasteiger partial charge < -0.3 is 19.1 Å². The van der Waals surface area contributed by atoms with E-state index in [2.05, 4.69) is 40.7 Å². The third-order valence-electron chi connectivity index (χ3n) is 7.14. The van der Waals surface area contributed by atoms with E-state index < -0.39 is 17.0 Å². The van der Waals surface area contributed by atoms with E-state index in [4.69, 9.17) is 9.47 Å². The van der Waals surface area contributed by atoms with Gasteiger partial charge in [0.2, 0.25) is 0 Å². The fourth-order valence-corrected chi connectivity index (χ4v) is 5.49. The van der Waals surface area contributed by atoms with Gasteiger partial charge in [0.25, 0.3) is 0 Å². The number of H-pyrrole nitrogens is 1. The zero-order valence-electron chi connectivity index (χ0n) is 19.7. The first kappa shape index (κ1) is 22.6. The number of nitrogens with zero attached hydrogens (tertiary/aromatic N) is 2. The van der Waals surface area contributed by atoms with Crippen LogP contribution in [-0.2, 0) is 19.7 Å². The number of carbonyl (C=O) groups is 1. The first-order valence-corrected chi connectivity index (χ1v) is 11.3. The highest BCUT2D eigenvalue weighted by Gasteiger charge is 2.53. The summed E-state index contributed by atoms with van der Waals surface area (Å²) in [6, 6.07) is 10.6. The molecule has 2 aromatic heterocycles. The predicted octanol–water partition coefficient (Wildman–Crippen LogP) is 4.92. The molecule has 4 aromatic rings. The molecule has 2 aromatic carbocycles. The van der Waals surface area contributed by atoms with Crippen LogP contribution in [0, 0.1) is 5.82 Å². The first-order valence-electron chi connectivity index (χ1n) is 11.3. The molecule has 0 atom stereocenters. The minimum absolute atomic E-state index is 0.0215. The molecule has 0 bridgehead atoms. The van der Waals surface area contributed by atoms with Gasteiger partial charge in [0.1, 0.15) is 5.82 Å². The highest BCUT2D eigenvalue weighted by atomic mass is 19.1. The number of aliphatic carboxylic acids is 1. The summed E-state index contributed by atoms with van der Waals surface area (Å²) < 4.78 is 27.0. The Kier molecular flexibility index (Phi) is 5.26. The summed E-state index contributed by atoms with van der Waals surface area (Å²) >= 11 is 0. The van der Waals surface area contributed by atoms with Crippen LogP contribution in [0.2, 0.25) is 0 Å². The third kappa shape index (κ3) is 3.32. The molecule has 1 fully saturated rings. The lowest BCUT2D eigenvalue weighted by atomic mass is 9.65. The number of aromatic nitrogens is 3. The molecule has 0 saturated heterocycles. The molecule has 1 aliphatic rings. The molecule has 1 saturated carbocycles. The highest BCUT2D eigenvalue weighted by molar-refractivity contribution is 5.99. The van der Waals surface area contributed by atoms with Crippen LogP contribution in [0.25, 0.3) is 27.5 Å². The van der Waals surface area contributed by atoms with E-state index in [0.29, 0.717) is 19.4 Å². The fourth-order valence-electron chi connectivity index (χ4n) is 5.49. The fraction of sp³-hybridized carbons (Fsp3) is 0.385. The van der Waals surface area contributed by atoms with Gasteiger partial charge in [-0.1, -0.05) is 13.8 Å². The number of hydrogen-bond acceptors (Lipinski definition) is 4. The van der Waals surface area contributed by atoms with Crippen molar-refractivity contribution >= 4 is 27.8 Å². The summed E-state index contributed by atoms with van der Waals surface area (Å²) in [6.07, 6.45) is 2.52. The van der Waals surface area contributed by atoms with Crippen molar-refractivity contribution in [3.05, 3.63) is 59.7 Å². The molecular weight excluding hydrogens is 437 g/mol. The molecule has 0 aliphatic heterocycles. The Hall–Kier alpha value is -3.23. The SMILES string of the molecule is COCC(C)(C)c1c(C2CC(OC)(C(=O)O)C2)c2cc3[nH]ncc3cc2n1-c1ccc(F)cc1. The van der Waals surface area contributed by atoms with Crippen molar-refractivity contribution in [3.8, 4) is 5.69 Å². The van der Waals surface area contributed by atoms with Crippen LogP contribution in [0.3, 0.4) is 0 Å². The molecule has 2 heterocycles. The lowest BCUT2D eigenvalue weighted by Crippen LogP contribution is -2.51. The van der Waals surface area contributed by atoms with E-state index in [-0.39, 0.29) is 11.7 Å². The molecule has 5 rings (SSSR count). The third-order valence-corrected chi connectivity index (χ3v) is 7.14. The molecule has 2 N–H and O–H groups in total. The number of aromatic amines is 1. The lowest BCUT2D eigenvalue weighted by molar-refractivity contribution is -0.175. The largest absolute Gasteiger partial charge is 0.479 e. The Labute approximate surface area is 196 Å². The number of rotatable bonds is 7. The van der Waals surface area contributed by atoms with Gasteiger partial charge in [-0.3, -0.25) is 5.10 Å². The molecule has 34 heavy (non-hydrogen) atoms. The van der Waals surface area contributed by atoms with E-state index in [9.17, 15) is 14.3 Å². The Morgan fingerprint density at radius 1 is 1.26 bits per heavy atom. The second-order valence-electron chi connectivity index (χ2n) is 9.83. The van der Waals surface area contributed by atoms with Gasteiger partial charge in [0, 0.05) is 41.8 Å². The lowest BCUT2D eigenvalue weighted by Gasteiger charge is -2.44. The average molecular weight is 466 g/mol. The number of ether oxygens (including phenoxy) is 2. The summed E-state index contributed by atoms with van der Waals surface area (Å²) in [5, 5.41) is 19.0. The summed E-state index contributed by atoms with van der Waals surface area (Å²) in [7, 11) is 3.13.